The van der Waals surface area contributed by atoms with Gasteiger partial charge in [-0.1, -0.05) is 11.6 Å². The van der Waals surface area contributed by atoms with Crippen molar-refractivity contribution in [2.75, 3.05) is 34.3 Å². The molecule has 1 atom stereocenters. The molecule has 196 valence electrons. The summed E-state index contributed by atoms with van der Waals surface area (Å²) in [5, 5.41) is 2.85. The van der Waals surface area contributed by atoms with Gasteiger partial charge in [-0.25, -0.2) is 26.6 Å². The molecule has 1 saturated carbocycles. The first-order chi connectivity index (χ1) is 17.3. The number of rotatable bonds is 6. The summed E-state index contributed by atoms with van der Waals surface area (Å²) in [6.07, 6.45) is 4.08. The zero-order chi connectivity index (χ0) is 26.8. The van der Waals surface area contributed by atoms with Crippen LogP contribution in [0.4, 0.5) is 30.2 Å². The van der Waals surface area contributed by atoms with Gasteiger partial charge in [0.05, 0.1) is 34.8 Å². The van der Waals surface area contributed by atoms with Gasteiger partial charge >= 0.3 is 0 Å². The van der Waals surface area contributed by atoms with E-state index in [1.165, 1.54) is 41.2 Å². The fourth-order valence-electron chi connectivity index (χ4n) is 4.75. The van der Waals surface area contributed by atoms with Crippen LogP contribution < -0.4 is 14.9 Å². The van der Waals surface area contributed by atoms with Crippen LogP contribution in [0.3, 0.4) is 0 Å². The second-order valence-corrected chi connectivity index (χ2v) is 11.8. The summed E-state index contributed by atoms with van der Waals surface area (Å²) in [6.45, 7) is 2.25. The van der Waals surface area contributed by atoms with Crippen LogP contribution in [0.1, 0.15) is 28.9 Å². The molecular weight excluding hydrogens is 531 g/mol. The van der Waals surface area contributed by atoms with E-state index in [9.17, 15) is 22.0 Å². The number of carbonyl (C=O) groups excluding carboxylic acids is 1. The number of hydrogen-bond acceptors (Lipinski definition) is 5. The smallest absolute Gasteiger partial charge is 0.257 e. The second-order valence-electron chi connectivity index (χ2n) is 9.63. The van der Waals surface area contributed by atoms with Gasteiger partial charge in [0.2, 0.25) is 10.0 Å². The first-order valence-corrected chi connectivity index (χ1v) is 13.6. The minimum atomic E-state index is -3.55. The maximum absolute atomic E-state index is 15.1. The molecule has 37 heavy (non-hydrogen) atoms. The zero-order valence-corrected chi connectivity index (χ0v) is 21.4. The van der Waals surface area contributed by atoms with Gasteiger partial charge in [0.15, 0.2) is 11.6 Å². The number of nitrogens with one attached hydrogen (secondary N) is 2. The number of halogens is 4. The summed E-state index contributed by atoms with van der Waals surface area (Å²) in [4.78, 5) is 18.8. The number of amides is 1. The summed E-state index contributed by atoms with van der Waals surface area (Å²) in [7, 11) is -3.55. The van der Waals surface area contributed by atoms with E-state index in [0.717, 1.165) is 6.26 Å². The van der Waals surface area contributed by atoms with E-state index in [2.05, 4.69) is 15.0 Å². The molecule has 3 heterocycles. The molecule has 13 heteroatoms. The highest BCUT2D eigenvalue weighted by Gasteiger charge is 2.72. The maximum Gasteiger partial charge on any atom is 0.257 e. The normalized spacial score (nSPS) is 20.3. The van der Waals surface area contributed by atoms with Crippen LogP contribution in [0.5, 0.6) is 0 Å². The summed E-state index contributed by atoms with van der Waals surface area (Å²) in [5.41, 5.74) is 0.604. The number of carbonyl (C=O) groups is 1. The third-order valence-electron chi connectivity index (χ3n) is 6.70. The number of anilines is 3. The van der Waals surface area contributed by atoms with Gasteiger partial charge in [0, 0.05) is 48.2 Å². The molecule has 5 rings (SSSR count). The monoisotopic (exact) mass is 553 g/mol. The van der Waals surface area contributed by atoms with Crippen LogP contribution in [0.25, 0.3) is 5.82 Å². The molecule has 0 bridgehead atoms. The Balaban J connectivity index is 1.33. The van der Waals surface area contributed by atoms with Crippen LogP contribution in [0.2, 0.25) is 5.02 Å². The lowest BCUT2D eigenvalue weighted by molar-refractivity contribution is 0.0711. The molecule has 1 saturated heterocycles. The highest BCUT2D eigenvalue weighted by atomic mass is 35.5. The van der Waals surface area contributed by atoms with Crippen molar-refractivity contribution >= 4 is 44.6 Å². The lowest BCUT2D eigenvalue weighted by Gasteiger charge is -2.19. The Bertz CT molecular complexity index is 1530. The third-order valence-corrected chi connectivity index (χ3v) is 7.52. The molecule has 0 radical (unpaired) electrons. The van der Waals surface area contributed by atoms with E-state index in [0.29, 0.717) is 24.3 Å². The molecule has 2 aromatic heterocycles. The van der Waals surface area contributed by atoms with E-state index < -0.39 is 33.1 Å². The molecule has 2 aliphatic rings. The third kappa shape index (κ3) is 4.99. The van der Waals surface area contributed by atoms with Gasteiger partial charge in [-0.3, -0.25) is 9.52 Å². The van der Waals surface area contributed by atoms with Crippen molar-refractivity contribution in [2.45, 2.75) is 25.7 Å². The minimum absolute atomic E-state index is 0.0339. The van der Waals surface area contributed by atoms with Crippen molar-refractivity contribution in [2.24, 2.45) is 5.41 Å². The van der Waals surface area contributed by atoms with Gasteiger partial charge in [-0.2, -0.15) is 0 Å². The Labute approximate surface area is 216 Å². The van der Waals surface area contributed by atoms with Crippen molar-refractivity contribution in [1.29, 1.82) is 0 Å². The average Bonchev–Trinajstić information content (AvgIpc) is 3.10. The van der Waals surface area contributed by atoms with Crippen LogP contribution in [0.15, 0.2) is 42.7 Å². The molecule has 1 aliphatic carbocycles. The van der Waals surface area contributed by atoms with Crippen molar-refractivity contribution in [1.82, 2.24) is 9.55 Å². The topological polar surface area (TPSA) is 96.3 Å². The number of sulfonamides is 1. The van der Waals surface area contributed by atoms with E-state index in [4.69, 9.17) is 11.6 Å². The largest absolute Gasteiger partial charge is 0.369 e. The van der Waals surface area contributed by atoms with E-state index >= 15 is 4.39 Å². The number of pyridine rings is 1. The summed E-state index contributed by atoms with van der Waals surface area (Å²) < 4.78 is 69.2. The number of alkyl halides is 2. The van der Waals surface area contributed by atoms with E-state index in [1.54, 1.807) is 17.9 Å². The van der Waals surface area contributed by atoms with Gasteiger partial charge in [-0.05, 0) is 37.6 Å². The second kappa shape index (κ2) is 8.66. The summed E-state index contributed by atoms with van der Waals surface area (Å²) >= 11 is 6.05. The van der Waals surface area contributed by atoms with Gasteiger partial charge in [-0.15, -0.1) is 0 Å². The summed E-state index contributed by atoms with van der Waals surface area (Å²) in [5.74, 6) is -3.88. The Hall–Kier alpha value is -3.25. The first-order valence-electron chi connectivity index (χ1n) is 11.3. The number of hydrogen-bond donors (Lipinski definition) is 2. The summed E-state index contributed by atoms with van der Waals surface area (Å²) in [6, 6.07) is 7.08. The molecular formula is C24H23ClF3N5O3S. The number of aromatic nitrogens is 2. The standard InChI is InChI=1S/C24H23ClF3N5O3S/c1-14-5-15(22(34)30-17-6-16(25)7-18(8-17)31-37(2,35)36)11-33(14)21-20(26)9-19(10-29-21)32-4-3-23(13-32)12-24(23,27)28/h5-11,31H,3-4,12-13H2,1-2H3,(H,30,34). The Morgan fingerprint density at radius 1 is 1.16 bits per heavy atom. The number of aryl methyl sites for hydroxylation is 1. The molecule has 3 aromatic rings. The fourth-order valence-corrected chi connectivity index (χ4v) is 5.53. The highest BCUT2D eigenvalue weighted by molar-refractivity contribution is 7.92. The molecule has 1 unspecified atom stereocenters. The van der Waals surface area contributed by atoms with Gasteiger partial charge in [0.1, 0.15) is 0 Å². The Kier molecular flexibility index (Phi) is 5.94. The molecule has 8 nitrogen and oxygen atoms in total. The molecule has 2 N–H and O–H groups in total. The van der Waals surface area contributed by atoms with Crippen molar-refractivity contribution < 1.29 is 26.4 Å². The molecule has 1 spiro atoms. The predicted octanol–water partition coefficient (Wildman–Crippen LogP) is 4.83. The Morgan fingerprint density at radius 2 is 1.86 bits per heavy atom. The molecule has 2 fully saturated rings. The maximum atomic E-state index is 15.1. The number of nitrogens with zero attached hydrogens (tertiary/aromatic N) is 3. The average molecular weight is 554 g/mol. The van der Waals surface area contributed by atoms with Crippen LogP contribution in [-0.4, -0.2) is 49.1 Å². The highest BCUT2D eigenvalue weighted by Crippen LogP contribution is 2.65. The Morgan fingerprint density at radius 3 is 2.49 bits per heavy atom. The lowest BCUT2D eigenvalue weighted by atomic mass is 10.1. The molecule has 1 aliphatic heterocycles. The molecule has 1 amide bonds. The number of benzene rings is 1. The predicted molar refractivity (Wildman–Crippen MR) is 135 cm³/mol. The quantitative estimate of drug-likeness (QED) is 0.456. The van der Waals surface area contributed by atoms with Crippen molar-refractivity contribution in [3.8, 4) is 5.82 Å². The first kappa shape index (κ1) is 25.4. The van der Waals surface area contributed by atoms with Crippen molar-refractivity contribution in [3.63, 3.8) is 0 Å². The SMILES string of the molecule is Cc1cc(C(=O)Nc2cc(Cl)cc(NS(C)(=O)=O)c2)cn1-c1ncc(N2CCC3(C2)CC3(F)F)cc1F. The van der Waals surface area contributed by atoms with Crippen molar-refractivity contribution in [3.05, 3.63) is 64.8 Å². The van der Waals surface area contributed by atoms with Crippen LogP contribution in [0, 0.1) is 18.2 Å². The van der Waals surface area contributed by atoms with Crippen LogP contribution >= 0.6 is 11.6 Å². The van der Waals surface area contributed by atoms with E-state index in [1.807, 2.05) is 0 Å². The van der Waals surface area contributed by atoms with E-state index in [-0.39, 0.29) is 40.7 Å². The lowest BCUT2D eigenvalue weighted by Crippen LogP contribution is -2.22. The zero-order valence-electron chi connectivity index (χ0n) is 19.9. The van der Waals surface area contributed by atoms with Crippen LogP contribution in [-0.2, 0) is 10.0 Å². The minimum Gasteiger partial charge on any atom is -0.369 e. The molecule has 1 aromatic carbocycles. The van der Waals surface area contributed by atoms with Gasteiger partial charge in [0.25, 0.3) is 11.8 Å². The fraction of sp³-hybridized carbons (Fsp3) is 0.333. The van der Waals surface area contributed by atoms with Gasteiger partial charge < -0.3 is 14.8 Å².